The highest BCUT2D eigenvalue weighted by molar-refractivity contribution is 7.13. The Bertz CT molecular complexity index is 1040. The lowest BCUT2D eigenvalue weighted by Crippen LogP contribution is -2.37. The first kappa shape index (κ1) is 23.9. The average molecular weight is 485 g/mol. The molecule has 7 nitrogen and oxygen atoms in total. The summed E-state index contributed by atoms with van der Waals surface area (Å²) in [5.74, 6) is 0. The van der Waals surface area contributed by atoms with Crippen molar-refractivity contribution in [1.82, 2.24) is 15.3 Å². The van der Waals surface area contributed by atoms with E-state index in [2.05, 4.69) is 15.3 Å². The number of rotatable bonds is 10. The normalized spacial score (nSPS) is 17.7. The van der Waals surface area contributed by atoms with Crippen molar-refractivity contribution in [2.24, 2.45) is 0 Å². The van der Waals surface area contributed by atoms with Crippen LogP contribution in [0.3, 0.4) is 0 Å². The summed E-state index contributed by atoms with van der Waals surface area (Å²) in [5.41, 5.74) is 1.18. The maximum absolute atomic E-state index is 13.9. The van der Waals surface area contributed by atoms with Gasteiger partial charge in [-0.15, -0.1) is 11.3 Å². The van der Waals surface area contributed by atoms with Crippen LogP contribution in [-0.4, -0.2) is 62.1 Å². The maximum Gasteiger partial charge on any atom is 0.418 e. The molecule has 1 aromatic carbocycles. The van der Waals surface area contributed by atoms with Crippen LogP contribution in [0, 0.1) is 0 Å². The Labute approximate surface area is 193 Å². The number of benzene rings is 1. The summed E-state index contributed by atoms with van der Waals surface area (Å²) in [5, 5.41) is 5.78. The van der Waals surface area contributed by atoms with Gasteiger partial charge < -0.3 is 24.1 Å². The van der Waals surface area contributed by atoms with E-state index in [-0.39, 0.29) is 18.8 Å². The second kappa shape index (κ2) is 10.4. The number of hydrogen-bond donors (Lipinski definition) is 1. The third-order valence-electron chi connectivity index (χ3n) is 5.59. The lowest BCUT2D eigenvalue weighted by atomic mass is 10.0. The van der Waals surface area contributed by atoms with E-state index in [9.17, 15) is 13.2 Å². The summed E-state index contributed by atoms with van der Waals surface area (Å²) < 4.78 is 57.8. The van der Waals surface area contributed by atoms with Crippen molar-refractivity contribution in [2.75, 3.05) is 44.9 Å². The molecule has 2 atom stereocenters. The van der Waals surface area contributed by atoms with Gasteiger partial charge in [-0.3, -0.25) is 0 Å². The molecule has 4 rings (SSSR count). The number of methoxy groups -OCH3 is 1. The number of fused-ring (bicyclic) bond motifs is 1. The number of aromatic nitrogens is 2. The Balaban J connectivity index is 1.76. The smallest absolute Gasteiger partial charge is 0.418 e. The summed E-state index contributed by atoms with van der Waals surface area (Å²) in [6, 6.07) is 3.56. The predicted molar refractivity (Wildman–Crippen MR) is 121 cm³/mol. The Morgan fingerprint density at radius 1 is 1.33 bits per heavy atom. The van der Waals surface area contributed by atoms with Gasteiger partial charge in [0.2, 0.25) is 0 Å². The zero-order chi connectivity index (χ0) is 23.4. The topological polar surface area (TPSA) is 72.7 Å². The minimum absolute atomic E-state index is 0.0448. The van der Waals surface area contributed by atoms with E-state index >= 15 is 0 Å². The molecule has 1 N–H and O–H groups in total. The molecule has 0 aliphatic carbocycles. The molecule has 0 bridgehead atoms. The number of nitrogens with one attached hydrogen (secondary N) is 1. The van der Waals surface area contributed by atoms with Crippen LogP contribution in [0.5, 0.6) is 0 Å². The quantitative estimate of drug-likeness (QED) is 0.415. The fourth-order valence-corrected chi connectivity index (χ4v) is 4.65. The van der Waals surface area contributed by atoms with Gasteiger partial charge in [0.1, 0.15) is 10.5 Å². The van der Waals surface area contributed by atoms with Gasteiger partial charge in [-0.1, -0.05) is 0 Å². The van der Waals surface area contributed by atoms with Gasteiger partial charge in [-0.2, -0.15) is 18.2 Å². The van der Waals surface area contributed by atoms with Crippen molar-refractivity contribution >= 4 is 28.5 Å². The highest BCUT2D eigenvalue weighted by Crippen LogP contribution is 2.41. The Morgan fingerprint density at radius 3 is 2.82 bits per heavy atom. The van der Waals surface area contributed by atoms with Gasteiger partial charge in [0.05, 0.1) is 18.8 Å². The van der Waals surface area contributed by atoms with E-state index in [4.69, 9.17) is 13.9 Å². The monoisotopic (exact) mass is 484 g/mol. The van der Waals surface area contributed by atoms with Gasteiger partial charge >= 0.3 is 6.18 Å². The van der Waals surface area contributed by atoms with E-state index in [1.807, 2.05) is 11.8 Å². The average Bonchev–Trinajstić information content (AvgIpc) is 3.54. The lowest BCUT2D eigenvalue weighted by molar-refractivity contribution is -0.226. The number of halogens is 3. The Hall–Kier alpha value is -2.21. The van der Waals surface area contributed by atoms with Crippen molar-refractivity contribution in [2.45, 2.75) is 38.1 Å². The SMILES string of the molecule is CCN(CC1CCCN1)c1nc2cc(C(OCCOC)C(F)(F)F)cc(-c3nccs3)c2o1. The first-order valence-electron chi connectivity index (χ1n) is 10.9. The first-order chi connectivity index (χ1) is 15.9. The molecule has 33 heavy (non-hydrogen) atoms. The number of alkyl halides is 3. The third kappa shape index (κ3) is 5.48. The van der Waals surface area contributed by atoms with Gasteiger partial charge in [0.15, 0.2) is 11.7 Å². The third-order valence-corrected chi connectivity index (χ3v) is 6.40. The van der Waals surface area contributed by atoms with E-state index < -0.39 is 12.3 Å². The summed E-state index contributed by atoms with van der Waals surface area (Å²) in [6.07, 6.45) is -2.92. The number of likely N-dealkylation sites (N-methyl/N-ethyl adjacent to an activating group) is 1. The second-order valence-corrected chi connectivity index (χ2v) is 8.76. The zero-order valence-corrected chi connectivity index (χ0v) is 19.3. The molecular weight excluding hydrogens is 457 g/mol. The second-order valence-electron chi connectivity index (χ2n) is 7.87. The molecule has 0 spiro atoms. The Morgan fingerprint density at radius 2 is 2.18 bits per heavy atom. The molecule has 3 heterocycles. The summed E-state index contributed by atoms with van der Waals surface area (Å²) >= 11 is 1.33. The van der Waals surface area contributed by atoms with Crippen LogP contribution >= 0.6 is 11.3 Å². The molecule has 3 aromatic rings. The van der Waals surface area contributed by atoms with E-state index in [1.54, 1.807) is 11.6 Å². The molecule has 0 radical (unpaired) electrons. The zero-order valence-electron chi connectivity index (χ0n) is 18.5. The van der Waals surface area contributed by atoms with Crippen LogP contribution in [0.1, 0.15) is 31.4 Å². The van der Waals surface area contributed by atoms with Crippen LogP contribution < -0.4 is 10.2 Å². The van der Waals surface area contributed by atoms with Crippen LogP contribution in [-0.2, 0) is 9.47 Å². The number of thiazole rings is 1. The fourth-order valence-electron chi connectivity index (χ4n) is 3.99. The van der Waals surface area contributed by atoms with Crippen molar-refractivity contribution in [3.8, 4) is 10.6 Å². The molecule has 1 saturated heterocycles. The van der Waals surface area contributed by atoms with Gasteiger partial charge in [0, 0.05) is 37.8 Å². The number of nitrogens with zero attached hydrogens (tertiary/aromatic N) is 3. The largest absolute Gasteiger partial charge is 0.423 e. The van der Waals surface area contributed by atoms with Crippen LogP contribution in [0.25, 0.3) is 21.7 Å². The molecule has 1 aliphatic rings. The molecule has 1 fully saturated rings. The highest BCUT2D eigenvalue weighted by Gasteiger charge is 2.42. The molecule has 1 aliphatic heterocycles. The standard InChI is InChI=1S/C22H27F3N4O3S/c1-3-29(13-15-5-4-6-26-15)21-28-17-12-14(19(22(23,24)25)31-9-8-30-2)11-16(18(17)32-21)20-27-7-10-33-20/h7,10-12,15,19,26H,3-6,8-9,13H2,1-2H3. The molecule has 0 saturated carbocycles. The number of ether oxygens (including phenoxy) is 2. The van der Waals surface area contributed by atoms with Crippen molar-refractivity contribution in [3.05, 3.63) is 29.3 Å². The number of anilines is 1. The predicted octanol–water partition coefficient (Wildman–Crippen LogP) is 4.80. The summed E-state index contributed by atoms with van der Waals surface area (Å²) in [4.78, 5) is 10.9. The molecule has 0 amide bonds. The maximum atomic E-state index is 13.9. The van der Waals surface area contributed by atoms with E-state index in [1.165, 1.54) is 30.6 Å². The van der Waals surface area contributed by atoms with Gasteiger partial charge in [-0.25, -0.2) is 4.98 Å². The summed E-state index contributed by atoms with van der Waals surface area (Å²) in [7, 11) is 1.41. The highest BCUT2D eigenvalue weighted by atomic mass is 32.1. The molecule has 2 unspecified atom stereocenters. The van der Waals surface area contributed by atoms with Gasteiger partial charge in [-0.05, 0) is 44.0 Å². The van der Waals surface area contributed by atoms with Crippen LogP contribution in [0.4, 0.5) is 19.2 Å². The molecule has 2 aromatic heterocycles. The van der Waals surface area contributed by atoms with Crippen molar-refractivity contribution < 1.29 is 27.1 Å². The van der Waals surface area contributed by atoms with E-state index in [0.717, 1.165) is 19.4 Å². The van der Waals surface area contributed by atoms with Crippen LogP contribution in [0.15, 0.2) is 28.1 Å². The summed E-state index contributed by atoms with van der Waals surface area (Å²) in [6.45, 7) is 4.23. The molecule has 180 valence electrons. The number of oxazole rings is 1. The minimum atomic E-state index is -4.60. The van der Waals surface area contributed by atoms with Crippen molar-refractivity contribution in [1.29, 1.82) is 0 Å². The Kier molecular flexibility index (Phi) is 7.52. The molecule has 11 heteroatoms. The minimum Gasteiger partial charge on any atom is -0.423 e. The number of hydrogen-bond acceptors (Lipinski definition) is 8. The van der Waals surface area contributed by atoms with E-state index in [0.29, 0.717) is 46.8 Å². The fraction of sp³-hybridized carbons (Fsp3) is 0.545. The first-order valence-corrected chi connectivity index (χ1v) is 11.8. The lowest BCUT2D eigenvalue weighted by Gasteiger charge is -2.22. The van der Waals surface area contributed by atoms with Crippen molar-refractivity contribution in [3.63, 3.8) is 0 Å². The van der Waals surface area contributed by atoms with Gasteiger partial charge in [0.25, 0.3) is 6.01 Å². The molecular formula is C22H27F3N4O3S. The van der Waals surface area contributed by atoms with Crippen LogP contribution in [0.2, 0.25) is 0 Å².